The Morgan fingerprint density at radius 3 is 2.70 bits per heavy atom. The minimum absolute atomic E-state index is 0.000659. The minimum Gasteiger partial charge on any atom is -0.497 e. The molecular formula is C14H21N5O. The van der Waals surface area contributed by atoms with E-state index in [4.69, 9.17) is 10.6 Å². The van der Waals surface area contributed by atoms with Gasteiger partial charge in [-0.25, -0.2) is 4.98 Å². The summed E-state index contributed by atoms with van der Waals surface area (Å²) in [6.07, 6.45) is 3.31. The van der Waals surface area contributed by atoms with Crippen LogP contribution in [0.25, 0.3) is 0 Å². The van der Waals surface area contributed by atoms with Crippen molar-refractivity contribution in [3.05, 3.63) is 42.0 Å². The van der Waals surface area contributed by atoms with E-state index in [2.05, 4.69) is 22.4 Å². The summed E-state index contributed by atoms with van der Waals surface area (Å²) >= 11 is 0. The predicted octanol–water partition coefficient (Wildman–Crippen LogP) is 1.44. The first-order chi connectivity index (χ1) is 9.78. The van der Waals surface area contributed by atoms with Gasteiger partial charge in [0.2, 0.25) is 0 Å². The van der Waals surface area contributed by atoms with Crippen molar-refractivity contribution in [2.75, 3.05) is 7.11 Å². The van der Waals surface area contributed by atoms with Gasteiger partial charge in [-0.15, -0.1) is 0 Å². The first-order valence-electron chi connectivity index (χ1n) is 6.75. The molecule has 3 N–H and O–H groups in total. The number of nitrogens with zero attached hydrogens (tertiary/aromatic N) is 3. The van der Waals surface area contributed by atoms with Crippen molar-refractivity contribution < 1.29 is 4.74 Å². The number of benzene rings is 1. The van der Waals surface area contributed by atoms with Gasteiger partial charge in [-0.1, -0.05) is 19.1 Å². The van der Waals surface area contributed by atoms with E-state index in [0.29, 0.717) is 6.42 Å². The van der Waals surface area contributed by atoms with E-state index in [9.17, 15) is 0 Å². The maximum absolute atomic E-state index is 5.68. The first-order valence-corrected chi connectivity index (χ1v) is 6.75. The molecule has 0 saturated carbocycles. The number of methoxy groups -OCH3 is 1. The zero-order valence-electron chi connectivity index (χ0n) is 11.9. The van der Waals surface area contributed by atoms with Gasteiger partial charge in [-0.2, -0.15) is 5.10 Å². The Hall–Kier alpha value is -1.92. The Balaban J connectivity index is 2.13. The van der Waals surface area contributed by atoms with Gasteiger partial charge in [0, 0.05) is 13.0 Å². The molecule has 1 unspecified atom stereocenters. The molecule has 0 aliphatic carbocycles. The number of nitrogens with two attached hydrogens (primary N) is 1. The van der Waals surface area contributed by atoms with Crippen LogP contribution in [0.4, 0.5) is 0 Å². The molecule has 2 aromatic rings. The second-order valence-corrected chi connectivity index (χ2v) is 4.60. The lowest BCUT2D eigenvalue weighted by atomic mass is 10.0. The number of nitrogens with one attached hydrogen (secondary N) is 1. The number of rotatable bonds is 7. The van der Waals surface area contributed by atoms with Gasteiger partial charge >= 0.3 is 0 Å². The normalized spacial score (nSPS) is 12.3. The second-order valence-electron chi connectivity index (χ2n) is 4.60. The summed E-state index contributed by atoms with van der Waals surface area (Å²) in [5.41, 5.74) is 3.94. The number of aromatic nitrogens is 3. The zero-order valence-corrected chi connectivity index (χ0v) is 11.9. The van der Waals surface area contributed by atoms with Crippen molar-refractivity contribution in [1.29, 1.82) is 0 Å². The smallest absolute Gasteiger partial charge is 0.138 e. The molecule has 0 amide bonds. The van der Waals surface area contributed by atoms with Crippen molar-refractivity contribution in [3.8, 4) is 5.75 Å². The van der Waals surface area contributed by atoms with Crippen LogP contribution in [0.15, 0.2) is 30.6 Å². The number of ether oxygens (including phenoxy) is 1. The lowest BCUT2D eigenvalue weighted by Crippen LogP contribution is -2.30. The Morgan fingerprint density at radius 2 is 2.10 bits per heavy atom. The maximum atomic E-state index is 5.68. The van der Waals surface area contributed by atoms with E-state index < -0.39 is 0 Å². The third-order valence-corrected chi connectivity index (χ3v) is 3.24. The van der Waals surface area contributed by atoms with Crippen LogP contribution in [0.1, 0.15) is 30.8 Å². The van der Waals surface area contributed by atoms with Crippen molar-refractivity contribution in [2.45, 2.75) is 32.4 Å². The molecular weight excluding hydrogens is 254 g/mol. The van der Waals surface area contributed by atoms with E-state index >= 15 is 0 Å². The monoisotopic (exact) mass is 275 g/mol. The molecule has 6 nitrogen and oxygen atoms in total. The fourth-order valence-corrected chi connectivity index (χ4v) is 2.14. The van der Waals surface area contributed by atoms with E-state index in [1.54, 1.807) is 13.4 Å². The molecule has 1 aromatic carbocycles. The highest BCUT2D eigenvalue weighted by Gasteiger charge is 2.14. The lowest BCUT2D eigenvalue weighted by Gasteiger charge is -2.16. The molecule has 6 heteroatoms. The Labute approximate surface area is 118 Å². The summed E-state index contributed by atoms with van der Waals surface area (Å²) < 4.78 is 7.09. The number of aryl methyl sites for hydroxylation is 1. The average molecular weight is 275 g/mol. The Morgan fingerprint density at radius 1 is 1.35 bits per heavy atom. The lowest BCUT2D eigenvalue weighted by molar-refractivity contribution is 0.414. The van der Waals surface area contributed by atoms with Crippen LogP contribution < -0.4 is 16.0 Å². The molecule has 0 aliphatic heterocycles. The topological polar surface area (TPSA) is 78.0 Å². The van der Waals surface area contributed by atoms with Crippen molar-refractivity contribution >= 4 is 0 Å². The van der Waals surface area contributed by atoms with Crippen molar-refractivity contribution in [1.82, 2.24) is 20.2 Å². The largest absolute Gasteiger partial charge is 0.497 e. The van der Waals surface area contributed by atoms with Gasteiger partial charge in [0.15, 0.2) is 0 Å². The quantitative estimate of drug-likeness (QED) is 0.590. The third kappa shape index (κ3) is 3.34. The molecule has 1 heterocycles. The fourth-order valence-electron chi connectivity index (χ4n) is 2.14. The standard InChI is InChI=1S/C14H21N5O/c1-3-8-19-14(16-10-17-19)9-13(18-15)11-4-6-12(20-2)7-5-11/h4-7,10,13,18H,3,8-9,15H2,1-2H3. The van der Waals surface area contributed by atoms with Crippen LogP contribution in [0.2, 0.25) is 0 Å². The molecule has 0 aliphatic rings. The fraction of sp³-hybridized carbons (Fsp3) is 0.429. The molecule has 2 rings (SSSR count). The van der Waals surface area contributed by atoms with Crippen LogP contribution in [-0.2, 0) is 13.0 Å². The Bertz CT molecular complexity index is 523. The Kier molecular flexibility index (Phi) is 5.09. The van der Waals surface area contributed by atoms with Gasteiger partial charge in [0.05, 0.1) is 13.2 Å². The first kappa shape index (κ1) is 14.5. The van der Waals surface area contributed by atoms with Gasteiger partial charge in [-0.05, 0) is 24.1 Å². The van der Waals surface area contributed by atoms with Crippen LogP contribution in [0, 0.1) is 0 Å². The maximum Gasteiger partial charge on any atom is 0.138 e. The van der Waals surface area contributed by atoms with Gasteiger partial charge in [0.25, 0.3) is 0 Å². The van der Waals surface area contributed by atoms with Crippen LogP contribution in [0.5, 0.6) is 5.75 Å². The molecule has 108 valence electrons. The summed E-state index contributed by atoms with van der Waals surface area (Å²) in [5.74, 6) is 7.45. The summed E-state index contributed by atoms with van der Waals surface area (Å²) in [4.78, 5) is 4.31. The van der Waals surface area contributed by atoms with E-state index in [1.165, 1.54) is 0 Å². The van der Waals surface area contributed by atoms with E-state index in [0.717, 1.165) is 30.1 Å². The predicted molar refractivity (Wildman–Crippen MR) is 77.1 cm³/mol. The molecule has 0 spiro atoms. The highest BCUT2D eigenvalue weighted by molar-refractivity contribution is 5.29. The number of hydrazine groups is 1. The number of hydrogen-bond donors (Lipinski definition) is 2. The molecule has 0 bridgehead atoms. The minimum atomic E-state index is 0.000659. The summed E-state index contributed by atoms with van der Waals surface area (Å²) in [7, 11) is 1.65. The third-order valence-electron chi connectivity index (χ3n) is 3.24. The van der Waals surface area contributed by atoms with E-state index in [-0.39, 0.29) is 6.04 Å². The molecule has 20 heavy (non-hydrogen) atoms. The molecule has 0 fully saturated rings. The van der Waals surface area contributed by atoms with Gasteiger partial charge in [0.1, 0.15) is 17.9 Å². The molecule has 0 radical (unpaired) electrons. The second kappa shape index (κ2) is 7.02. The highest BCUT2D eigenvalue weighted by Crippen LogP contribution is 2.20. The zero-order chi connectivity index (χ0) is 14.4. The summed E-state index contributed by atoms with van der Waals surface area (Å²) in [6, 6.07) is 7.86. The molecule has 0 saturated heterocycles. The van der Waals surface area contributed by atoms with Crippen molar-refractivity contribution in [3.63, 3.8) is 0 Å². The van der Waals surface area contributed by atoms with E-state index in [1.807, 2.05) is 28.9 Å². The summed E-state index contributed by atoms with van der Waals surface area (Å²) in [6.45, 7) is 2.99. The SMILES string of the molecule is CCCn1ncnc1CC(NN)c1ccc(OC)cc1. The van der Waals surface area contributed by atoms with Crippen LogP contribution in [-0.4, -0.2) is 21.9 Å². The van der Waals surface area contributed by atoms with Gasteiger partial charge in [-0.3, -0.25) is 16.0 Å². The average Bonchev–Trinajstić information content (AvgIpc) is 2.92. The van der Waals surface area contributed by atoms with Gasteiger partial charge < -0.3 is 4.74 Å². The van der Waals surface area contributed by atoms with Crippen LogP contribution in [0.3, 0.4) is 0 Å². The molecule has 1 aromatic heterocycles. The summed E-state index contributed by atoms with van der Waals surface area (Å²) in [5, 5.41) is 4.23. The highest BCUT2D eigenvalue weighted by atomic mass is 16.5. The van der Waals surface area contributed by atoms with Crippen molar-refractivity contribution in [2.24, 2.45) is 5.84 Å². The van der Waals surface area contributed by atoms with Crippen LogP contribution >= 0.6 is 0 Å². The number of hydrogen-bond acceptors (Lipinski definition) is 5. The molecule has 1 atom stereocenters.